The van der Waals surface area contributed by atoms with Crippen molar-refractivity contribution in [1.82, 2.24) is 4.98 Å². The summed E-state index contributed by atoms with van der Waals surface area (Å²) in [7, 11) is 0. The molecule has 15 heavy (non-hydrogen) atoms. The van der Waals surface area contributed by atoms with Crippen LogP contribution in [0.1, 0.15) is 31.9 Å². The van der Waals surface area contributed by atoms with Gasteiger partial charge >= 0.3 is 0 Å². The Kier molecular flexibility index (Phi) is 4.75. The topological polar surface area (TPSA) is 30.0 Å². The number of aromatic nitrogens is 1. The van der Waals surface area contributed by atoms with Gasteiger partial charge in [0.2, 0.25) is 0 Å². The Hall–Kier alpha value is -1.44. The van der Waals surface area contributed by atoms with E-state index in [4.69, 9.17) is 0 Å². The van der Waals surface area contributed by atoms with Gasteiger partial charge in [-0.1, -0.05) is 11.6 Å². The molecule has 0 aromatic carbocycles. The van der Waals surface area contributed by atoms with Gasteiger partial charge in [0.1, 0.15) is 5.78 Å². The third kappa shape index (κ3) is 5.11. The van der Waals surface area contributed by atoms with Gasteiger partial charge in [0.25, 0.3) is 0 Å². The van der Waals surface area contributed by atoms with Gasteiger partial charge in [-0.25, -0.2) is 0 Å². The normalized spacial score (nSPS) is 9.93. The summed E-state index contributed by atoms with van der Waals surface area (Å²) in [4.78, 5) is 15.6. The number of ketones is 1. The molecule has 0 radical (unpaired) electrons. The third-order valence-corrected chi connectivity index (χ3v) is 2.22. The van der Waals surface area contributed by atoms with Gasteiger partial charge in [0.15, 0.2) is 0 Å². The van der Waals surface area contributed by atoms with E-state index in [9.17, 15) is 4.79 Å². The van der Waals surface area contributed by atoms with Crippen LogP contribution in [0.15, 0.2) is 36.5 Å². The molecule has 1 rings (SSSR count). The standard InChI is InChI=1S/C13H17NO/c1-11(2)6-8-13(15)9-7-12-5-3-4-10-14-12/h3-5,10H,1,6-9H2,2H3. The lowest BCUT2D eigenvalue weighted by Crippen LogP contribution is -2.01. The zero-order valence-electron chi connectivity index (χ0n) is 9.20. The van der Waals surface area contributed by atoms with Gasteiger partial charge in [-0.15, -0.1) is 6.58 Å². The Balaban J connectivity index is 2.26. The minimum absolute atomic E-state index is 0.295. The molecule has 1 heterocycles. The van der Waals surface area contributed by atoms with E-state index >= 15 is 0 Å². The van der Waals surface area contributed by atoms with Crippen LogP contribution in [0, 0.1) is 0 Å². The highest BCUT2D eigenvalue weighted by atomic mass is 16.1. The number of carbonyl (C=O) groups excluding carboxylic acids is 1. The van der Waals surface area contributed by atoms with E-state index in [1.165, 1.54) is 0 Å². The first-order valence-electron chi connectivity index (χ1n) is 5.24. The maximum absolute atomic E-state index is 11.5. The molecule has 0 aliphatic rings. The summed E-state index contributed by atoms with van der Waals surface area (Å²) in [6, 6.07) is 5.78. The number of hydrogen-bond donors (Lipinski definition) is 0. The second kappa shape index (κ2) is 6.12. The van der Waals surface area contributed by atoms with Crippen LogP contribution < -0.4 is 0 Å². The molecule has 0 aliphatic carbocycles. The lowest BCUT2D eigenvalue weighted by atomic mass is 10.1. The Morgan fingerprint density at radius 3 is 2.73 bits per heavy atom. The molecule has 0 atom stereocenters. The van der Waals surface area contributed by atoms with E-state index in [0.717, 1.165) is 24.1 Å². The Morgan fingerprint density at radius 1 is 1.33 bits per heavy atom. The zero-order valence-corrected chi connectivity index (χ0v) is 9.20. The van der Waals surface area contributed by atoms with Crippen molar-refractivity contribution in [1.29, 1.82) is 0 Å². The van der Waals surface area contributed by atoms with Gasteiger partial charge in [-0.2, -0.15) is 0 Å². The predicted molar refractivity (Wildman–Crippen MR) is 61.6 cm³/mol. The molecule has 1 aromatic rings. The fourth-order valence-electron chi connectivity index (χ4n) is 1.29. The van der Waals surface area contributed by atoms with Crippen LogP contribution in [0.2, 0.25) is 0 Å². The average molecular weight is 203 g/mol. The molecule has 0 amide bonds. The number of rotatable bonds is 6. The first-order chi connectivity index (χ1) is 7.18. The Bertz CT molecular complexity index is 330. The van der Waals surface area contributed by atoms with Crippen LogP contribution in [-0.2, 0) is 11.2 Å². The van der Waals surface area contributed by atoms with Crippen LogP contribution in [0.25, 0.3) is 0 Å². The van der Waals surface area contributed by atoms with Crippen molar-refractivity contribution in [2.45, 2.75) is 32.6 Å². The second-order valence-corrected chi connectivity index (χ2v) is 3.82. The minimum atomic E-state index is 0.295. The number of Topliss-reactive ketones (excluding diaryl/α,β-unsaturated/α-hetero) is 1. The molecule has 0 saturated carbocycles. The molecule has 0 spiro atoms. The van der Waals surface area contributed by atoms with Crippen molar-refractivity contribution >= 4 is 5.78 Å². The summed E-state index contributed by atoms with van der Waals surface area (Å²) in [5, 5.41) is 0. The van der Waals surface area contributed by atoms with Crippen molar-refractivity contribution in [3.63, 3.8) is 0 Å². The van der Waals surface area contributed by atoms with Gasteiger partial charge in [-0.3, -0.25) is 9.78 Å². The summed E-state index contributed by atoms with van der Waals surface area (Å²) in [6.07, 6.45) is 4.51. The summed E-state index contributed by atoms with van der Waals surface area (Å²) < 4.78 is 0. The van der Waals surface area contributed by atoms with Crippen molar-refractivity contribution in [3.8, 4) is 0 Å². The maximum Gasteiger partial charge on any atom is 0.133 e. The Morgan fingerprint density at radius 2 is 2.13 bits per heavy atom. The fourth-order valence-corrected chi connectivity index (χ4v) is 1.29. The first kappa shape index (κ1) is 11.6. The maximum atomic E-state index is 11.5. The van der Waals surface area contributed by atoms with Gasteiger partial charge in [-0.05, 0) is 31.9 Å². The molecule has 0 N–H and O–H groups in total. The van der Waals surface area contributed by atoms with Crippen molar-refractivity contribution in [2.75, 3.05) is 0 Å². The molecule has 0 saturated heterocycles. The third-order valence-electron chi connectivity index (χ3n) is 2.22. The molecule has 0 unspecified atom stereocenters. The highest BCUT2D eigenvalue weighted by Crippen LogP contribution is 2.06. The molecule has 1 aromatic heterocycles. The SMILES string of the molecule is C=C(C)CCC(=O)CCc1ccccn1. The Labute approximate surface area is 91.0 Å². The molecule has 0 fully saturated rings. The lowest BCUT2D eigenvalue weighted by Gasteiger charge is -2.00. The molecular formula is C13H17NO. The minimum Gasteiger partial charge on any atom is -0.300 e. The highest BCUT2D eigenvalue weighted by Gasteiger charge is 2.02. The number of allylic oxidation sites excluding steroid dienone is 1. The predicted octanol–water partition coefficient (Wildman–Crippen LogP) is 2.94. The first-order valence-corrected chi connectivity index (χ1v) is 5.24. The van der Waals surface area contributed by atoms with E-state index in [1.807, 2.05) is 25.1 Å². The highest BCUT2D eigenvalue weighted by molar-refractivity contribution is 5.78. The zero-order chi connectivity index (χ0) is 11.1. The van der Waals surface area contributed by atoms with Gasteiger partial charge < -0.3 is 0 Å². The van der Waals surface area contributed by atoms with E-state index < -0.39 is 0 Å². The molecule has 80 valence electrons. The largest absolute Gasteiger partial charge is 0.300 e. The number of aryl methyl sites for hydroxylation is 1. The quantitative estimate of drug-likeness (QED) is 0.665. The number of hydrogen-bond acceptors (Lipinski definition) is 2. The summed E-state index contributed by atoms with van der Waals surface area (Å²) >= 11 is 0. The lowest BCUT2D eigenvalue weighted by molar-refractivity contribution is -0.119. The summed E-state index contributed by atoms with van der Waals surface area (Å²) in [5.74, 6) is 0.295. The van der Waals surface area contributed by atoms with Gasteiger partial charge in [0.05, 0.1) is 0 Å². The van der Waals surface area contributed by atoms with Crippen LogP contribution in [-0.4, -0.2) is 10.8 Å². The van der Waals surface area contributed by atoms with E-state index in [0.29, 0.717) is 18.6 Å². The monoisotopic (exact) mass is 203 g/mol. The molecule has 0 bridgehead atoms. The molecular weight excluding hydrogens is 186 g/mol. The van der Waals surface area contributed by atoms with E-state index in [1.54, 1.807) is 6.20 Å². The van der Waals surface area contributed by atoms with Crippen LogP contribution >= 0.6 is 0 Å². The van der Waals surface area contributed by atoms with Gasteiger partial charge in [0, 0.05) is 24.7 Å². The smallest absolute Gasteiger partial charge is 0.133 e. The summed E-state index contributed by atoms with van der Waals surface area (Å²) in [5.41, 5.74) is 2.06. The number of nitrogens with zero attached hydrogens (tertiary/aromatic N) is 1. The fraction of sp³-hybridized carbons (Fsp3) is 0.385. The van der Waals surface area contributed by atoms with Crippen LogP contribution in [0.4, 0.5) is 0 Å². The second-order valence-electron chi connectivity index (χ2n) is 3.82. The van der Waals surface area contributed by atoms with E-state index in [-0.39, 0.29) is 0 Å². The van der Waals surface area contributed by atoms with Crippen LogP contribution in [0.3, 0.4) is 0 Å². The van der Waals surface area contributed by atoms with E-state index in [2.05, 4.69) is 11.6 Å². The van der Waals surface area contributed by atoms with Crippen LogP contribution in [0.5, 0.6) is 0 Å². The van der Waals surface area contributed by atoms with Crippen molar-refractivity contribution < 1.29 is 4.79 Å². The average Bonchev–Trinajstić information content (AvgIpc) is 2.25. The number of pyridine rings is 1. The van der Waals surface area contributed by atoms with Crippen molar-refractivity contribution in [2.24, 2.45) is 0 Å². The number of carbonyl (C=O) groups is 1. The molecule has 2 heteroatoms. The molecule has 2 nitrogen and oxygen atoms in total. The summed E-state index contributed by atoms with van der Waals surface area (Å²) in [6.45, 7) is 5.73. The molecule has 0 aliphatic heterocycles. The van der Waals surface area contributed by atoms with Crippen molar-refractivity contribution in [3.05, 3.63) is 42.2 Å².